The van der Waals surface area contributed by atoms with Crippen molar-refractivity contribution in [3.63, 3.8) is 0 Å². The minimum atomic E-state index is -4.67. The number of amides is 1. The Bertz CT molecular complexity index is 570. The van der Waals surface area contributed by atoms with Gasteiger partial charge in [0.25, 0.3) is 0 Å². The first-order valence-corrected chi connectivity index (χ1v) is 5.60. The first-order chi connectivity index (χ1) is 9.20. The SMILES string of the molecule is O=C(O)C1CC1C(=O)Nc1ccc(C(F)(F)F)cc1F. The van der Waals surface area contributed by atoms with Crippen LogP contribution >= 0.6 is 0 Å². The molecule has 108 valence electrons. The van der Waals surface area contributed by atoms with Crippen LogP contribution in [-0.2, 0) is 15.8 Å². The number of hydrogen-bond acceptors (Lipinski definition) is 2. The molecule has 1 aliphatic carbocycles. The number of benzene rings is 1. The first kappa shape index (κ1) is 14.3. The summed E-state index contributed by atoms with van der Waals surface area (Å²) in [6.07, 6.45) is -4.53. The molecule has 0 heterocycles. The van der Waals surface area contributed by atoms with Crippen LogP contribution in [0.25, 0.3) is 0 Å². The number of anilines is 1. The van der Waals surface area contributed by atoms with Gasteiger partial charge in [0.2, 0.25) is 5.91 Å². The molecular weight excluding hydrogens is 282 g/mol. The van der Waals surface area contributed by atoms with Crippen molar-refractivity contribution >= 4 is 17.6 Å². The Morgan fingerprint density at radius 2 is 1.90 bits per heavy atom. The van der Waals surface area contributed by atoms with Gasteiger partial charge in [-0.15, -0.1) is 0 Å². The van der Waals surface area contributed by atoms with Crippen molar-refractivity contribution in [1.29, 1.82) is 0 Å². The average molecular weight is 291 g/mol. The Hall–Kier alpha value is -2.12. The molecule has 1 saturated carbocycles. The summed E-state index contributed by atoms with van der Waals surface area (Å²) in [7, 11) is 0. The zero-order valence-electron chi connectivity index (χ0n) is 9.87. The van der Waals surface area contributed by atoms with Crippen LogP contribution in [0.5, 0.6) is 0 Å². The van der Waals surface area contributed by atoms with Gasteiger partial charge in [0, 0.05) is 0 Å². The van der Waals surface area contributed by atoms with E-state index in [4.69, 9.17) is 5.11 Å². The summed E-state index contributed by atoms with van der Waals surface area (Å²) >= 11 is 0. The van der Waals surface area contributed by atoms with Gasteiger partial charge >= 0.3 is 12.1 Å². The largest absolute Gasteiger partial charge is 0.481 e. The maximum Gasteiger partial charge on any atom is 0.416 e. The Balaban J connectivity index is 2.08. The van der Waals surface area contributed by atoms with E-state index in [-0.39, 0.29) is 12.5 Å². The normalized spacial score (nSPS) is 21.4. The number of carbonyl (C=O) groups is 2. The molecule has 2 unspecified atom stereocenters. The molecule has 0 spiro atoms. The number of nitrogens with one attached hydrogen (secondary N) is 1. The molecule has 0 aliphatic heterocycles. The molecular formula is C12H9F4NO3. The van der Waals surface area contributed by atoms with Crippen molar-refractivity contribution in [3.05, 3.63) is 29.6 Å². The summed E-state index contributed by atoms with van der Waals surface area (Å²) in [4.78, 5) is 22.1. The van der Waals surface area contributed by atoms with E-state index >= 15 is 0 Å². The number of alkyl halides is 3. The highest BCUT2D eigenvalue weighted by Crippen LogP contribution is 2.39. The molecule has 1 fully saturated rings. The second-order valence-electron chi connectivity index (χ2n) is 4.47. The van der Waals surface area contributed by atoms with Gasteiger partial charge in [0.15, 0.2) is 0 Å². The van der Waals surface area contributed by atoms with Crippen molar-refractivity contribution in [2.24, 2.45) is 11.8 Å². The fourth-order valence-electron chi connectivity index (χ4n) is 1.78. The van der Waals surface area contributed by atoms with Crippen molar-refractivity contribution in [2.75, 3.05) is 5.32 Å². The third-order valence-electron chi connectivity index (χ3n) is 3.00. The highest BCUT2D eigenvalue weighted by Gasteiger charge is 2.48. The van der Waals surface area contributed by atoms with E-state index in [2.05, 4.69) is 5.32 Å². The highest BCUT2D eigenvalue weighted by atomic mass is 19.4. The van der Waals surface area contributed by atoms with Gasteiger partial charge in [-0.3, -0.25) is 9.59 Å². The van der Waals surface area contributed by atoms with Gasteiger partial charge in [-0.05, 0) is 24.6 Å². The number of carboxylic acids is 1. The zero-order chi connectivity index (χ0) is 15.1. The molecule has 0 aromatic heterocycles. The van der Waals surface area contributed by atoms with Crippen LogP contribution in [0, 0.1) is 17.7 Å². The number of hydrogen-bond donors (Lipinski definition) is 2. The Kier molecular flexibility index (Phi) is 3.41. The molecule has 4 nitrogen and oxygen atoms in total. The average Bonchev–Trinajstić information content (AvgIpc) is 3.10. The molecule has 20 heavy (non-hydrogen) atoms. The van der Waals surface area contributed by atoms with Gasteiger partial charge in [0.1, 0.15) is 5.82 Å². The Morgan fingerprint density at radius 3 is 2.35 bits per heavy atom. The number of halogens is 4. The molecule has 1 aromatic carbocycles. The van der Waals surface area contributed by atoms with Gasteiger partial charge in [-0.1, -0.05) is 0 Å². The van der Waals surface area contributed by atoms with Crippen LogP contribution in [-0.4, -0.2) is 17.0 Å². The second kappa shape index (κ2) is 4.77. The van der Waals surface area contributed by atoms with E-state index in [9.17, 15) is 27.2 Å². The van der Waals surface area contributed by atoms with E-state index < -0.39 is 47.0 Å². The van der Waals surface area contributed by atoms with E-state index in [1.54, 1.807) is 0 Å². The molecule has 1 aromatic rings. The van der Waals surface area contributed by atoms with E-state index in [1.807, 2.05) is 0 Å². The molecule has 1 aliphatic rings. The quantitative estimate of drug-likeness (QED) is 0.841. The van der Waals surface area contributed by atoms with Crippen molar-refractivity contribution in [2.45, 2.75) is 12.6 Å². The van der Waals surface area contributed by atoms with E-state index in [0.717, 1.165) is 6.07 Å². The highest BCUT2D eigenvalue weighted by molar-refractivity contribution is 5.98. The lowest BCUT2D eigenvalue weighted by Crippen LogP contribution is -2.18. The first-order valence-electron chi connectivity index (χ1n) is 5.60. The van der Waals surface area contributed by atoms with E-state index in [0.29, 0.717) is 6.07 Å². The van der Waals surface area contributed by atoms with Gasteiger partial charge < -0.3 is 10.4 Å². The minimum Gasteiger partial charge on any atom is -0.481 e. The molecule has 1 amide bonds. The van der Waals surface area contributed by atoms with Gasteiger partial charge in [0.05, 0.1) is 23.1 Å². The van der Waals surface area contributed by atoms with Crippen molar-refractivity contribution in [1.82, 2.24) is 0 Å². The summed E-state index contributed by atoms with van der Waals surface area (Å²) in [6.45, 7) is 0. The van der Waals surface area contributed by atoms with Crippen molar-refractivity contribution in [3.8, 4) is 0 Å². The predicted octanol–water partition coefficient (Wildman–Crippen LogP) is 2.50. The van der Waals surface area contributed by atoms with Crippen LogP contribution in [0.3, 0.4) is 0 Å². The minimum absolute atomic E-state index is 0.142. The van der Waals surface area contributed by atoms with Crippen LogP contribution in [0.2, 0.25) is 0 Å². The molecule has 0 saturated heterocycles. The maximum absolute atomic E-state index is 13.4. The summed E-state index contributed by atoms with van der Waals surface area (Å²) in [5, 5.41) is 10.7. The number of carboxylic acid groups (broad SMARTS) is 1. The third kappa shape index (κ3) is 2.89. The van der Waals surface area contributed by atoms with Crippen molar-refractivity contribution < 1.29 is 32.3 Å². The van der Waals surface area contributed by atoms with Gasteiger partial charge in [-0.25, -0.2) is 4.39 Å². The monoisotopic (exact) mass is 291 g/mol. The summed E-state index contributed by atoms with van der Waals surface area (Å²) in [5.74, 6) is -4.64. The topological polar surface area (TPSA) is 66.4 Å². The standard InChI is InChI=1S/C12H9F4NO3/c13-8-3-5(12(14,15)16)1-2-9(8)17-10(18)6-4-7(6)11(19)20/h1-3,6-7H,4H2,(H,17,18)(H,19,20). The Morgan fingerprint density at radius 1 is 1.25 bits per heavy atom. The Labute approximate surface area is 110 Å². The number of rotatable bonds is 3. The number of aliphatic carboxylic acids is 1. The molecule has 0 radical (unpaired) electrons. The summed E-state index contributed by atoms with van der Waals surface area (Å²) in [5.41, 5.74) is -1.57. The summed E-state index contributed by atoms with van der Waals surface area (Å²) in [6, 6.07) is 1.71. The third-order valence-corrected chi connectivity index (χ3v) is 3.00. The van der Waals surface area contributed by atoms with Crippen LogP contribution in [0.1, 0.15) is 12.0 Å². The smallest absolute Gasteiger partial charge is 0.416 e. The fourth-order valence-corrected chi connectivity index (χ4v) is 1.78. The van der Waals surface area contributed by atoms with Crippen LogP contribution in [0.15, 0.2) is 18.2 Å². The van der Waals surface area contributed by atoms with Gasteiger partial charge in [-0.2, -0.15) is 13.2 Å². The molecule has 0 bridgehead atoms. The molecule has 8 heteroatoms. The number of carbonyl (C=O) groups excluding carboxylic acids is 1. The zero-order valence-corrected chi connectivity index (χ0v) is 9.87. The van der Waals surface area contributed by atoms with Crippen LogP contribution < -0.4 is 5.32 Å². The maximum atomic E-state index is 13.4. The van der Waals surface area contributed by atoms with E-state index in [1.165, 1.54) is 0 Å². The predicted molar refractivity (Wildman–Crippen MR) is 59.3 cm³/mol. The second-order valence-corrected chi connectivity index (χ2v) is 4.47. The lowest BCUT2D eigenvalue weighted by molar-refractivity contribution is -0.140. The lowest BCUT2D eigenvalue weighted by Gasteiger charge is -2.10. The molecule has 2 N–H and O–H groups in total. The lowest BCUT2D eigenvalue weighted by atomic mass is 10.2. The molecule has 2 atom stereocenters. The summed E-state index contributed by atoms with van der Waals surface area (Å²) < 4.78 is 50.4. The van der Waals surface area contributed by atoms with Crippen LogP contribution in [0.4, 0.5) is 23.2 Å². The molecule has 2 rings (SSSR count). The fraction of sp³-hybridized carbons (Fsp3) is 0.333.